The molecular weight excluding hydrogens is 632 g/mol. The summed E-state index contributed by atoms with van der Waals surface area (Å²) < 4.78 is 48.5. The molecule has 0 aromatic rings. The lowest BCUT2D eigenvalue weighted by Crippen LogP contribution is -2.44. The average molecular weight is 697 g/mol. The molecule has 1 aliphatic carbocycles. The molecule has 0 N–H and O–H groups in total. The van der Waals surface area contributed by atoms with Crippen molar-refractivity contribution >= 4 is 20.1 Å². The zero-order valence-corrected chi connectivity index (χ0v) is 31.6. The molecule has 0 aromatic carbocycles. The second kappa shape index (κ2) is 19.4. The fourth-order valence-electron chi connectivity index (χ4n) is 6.79. The Bertz CT molecular complexity index is 995. The second-order valence-corrected chi connectivity index (χ2v) is 20.3. The Kier molecular flexibility index (Phi) is 16.0. The van der Waals surface area contributed by atoms with Crippen LogP contribution in [-0.4, -0.2) is 90.8 Å². The number of allylic oxidation sites excluding steroid dienone is 2. The van der Waals surface area contributed by atoms with Crippen molar-refractivity contribution in [2.45, 2.75) is 166 Å². The molecule has 0 aromatic heterocycles. The Morgan fingerprint density at radius 3 is 1.90 bits per heavy atom. The van der Waals surface area contributed by atoms with Crippen molar-refractivity contribution in [3.8, 4) is 0 Å². The zero-order valence-electron chi connectivity index (χ0n) is 30.6. The number of ether oxygens (including phenoxy) is 7. The SMILES string of the molecule is COC(=O)C(OC1CCCCO1)C(=O)CCCC=CC[C@@H]1[C@@H](CO[Si](C)(C)C(C)(C)C)[C@H](OC2CCCCO2)C[C@@H]1OC1CCCCO1. The second-order valence-electron chi connectivity index (χ2n) is 15.5. The fraction of sp³-hybridized carbons (Fsp3) is 0.892. The van der Waals surface area contributed by atoms with Gasteiger partial charge in [-0.2, -0.15) is 0 Å². The van der Waals surface area contributed by atoms with Gasteiger partial charge in [-0.05, 0) is 101 Å². The summed E-state index contributed by atoms with van der Waals surface area (Å²) in [6.07, 6.45) is 14.1. The number of carbonyl (C=O) groups excluding carboxylic acids is 2. The third-order valence-corrected chi connectivity index (χ3v) is 15.3. The molecule has 3 aliphatic heterocycles. The minimum Gasteiger partial charge on any atom is -0.467 e. The summed E-state index contributed by atoms with van der Waals surface area (Å²) in [4.78, 5) is 25.3. The quantitative estimate of drug-likeness (QED) is 0.0508. The van der Waals surface area contributed by atoms with Crippen molar-refractivity contribution in [3.63, 3.8) is 0 Å². The van der Waals surface area contributed by atoms with Crippen LogP contribution in [0.4, 0.5) is 0 Å². The smallest absolute Gasteiger partial charge is 0.342 e. The number of unbranched alkanes of at least 4 members (excludes halogenated alkanes) is 1. The summed E-state index contributed by atoms with van der Waals surface area (Å²) in [6.45, 7) is 14.1. The number of hydrogen-bond donors (Lipinski definition) is 0. The highest BCUT2D eigenvalue weighted by atomic mass is 28.4. The molecular formula is C37H64O10Si. The first-order valence-electron chi connectivity index (χ1n) is 18.7. The number of ketones is 1. The molecule has 0 radical (unpaired) electrons. The molecule has 48 heavy (non-hydrogen) atoms. The van der Waals surface area contributed by atoms with E-state index in [0.717, 1.165) is 77.4 Å². The van der Waals surface area contributed by atoms with E-state index in [1.807, 2.05) is 0 Å². The Morgan fingerprint density at radius 1 is 0.812 bits per heavy atom. The van der Waals surface area contributed by atoms with Crippen LogP contribution in [0.25, 0.3) is 0 Å². The van der Waals surface area contributed by atoms with Crippen molar-refractivity contribution in [1.82, 2.24) is 0 Å². The number of esters is 1. The van der Waals surface area contributed by atoms with Gasteiger partial charge < -0.3 is 37.6 Å². The van der Waals surface area contributed by atoms with E-state index >= 15 is 0 Å². The van der Waals surface area contributed by atoms with Crippen LogP contribution in [0.15, 0.2) is 12.2 Å². The number of carbonyl (C=O) groups is 2. The summed E-state index contributed by atoms with van der Waals surface area (Å²) in [5.74, 6) is -0.585. The zero-order chi connectivity index (χ0) is 34.6. The maximum absolute atomic E-state index is 13.0. The first-order valence-corrected chi connectivity index (χ1v) is 21.6. The lowest BCUT2D eigenvalue weighted by atomic mass is 9.90. The van der Waals surface area contributed by atoms with Gasteiger partial charge in [0.1, 0.15) is 0 Å². The van der Waals surface area contributed by atoms with Gasteiger partial charge in [-0.25, -0.2) is 4.79 Å². The average Bonchev–Trinajstić information content (AvgIpc) is 3.39. The lowest BCUT2D eigenvalue weighted by molar-refractivity contribution is -0.204. The lowest BCUT2D eigenvalue weighted by Gasteiger charge is -2.39. The predicted molar refractivity (Wildman–Crippen MR) is 185 cm³/mol. The molecule has 3 saturated heterocycles. The normalized spacial score (nSPS) is 31.2. The van der Waals surface area contributed by atoms with Gasteiger partial charge in [0.05, 0.1) is 19.3 Å². The van der Waals surface area contributed by atoms with Crippen LogP contribution in [0, 0.1) is 11.8 Å². The van der Waals surface area contributed by atoms with Crippen LogP contribution in [0.2, 0.25) is 18.1 Å². The fourth-order valence-corrected chi connectivity index (χ4v) is 7.83. The molecule has 4 rings (SSSR count). The van der Waals surface area contributed by atoms with Gasteiger partial charge in [0.2, 0.25) is 6.10 Å². The number of rotatable bonds is 17. The third kappa shape index (κ3) is 12.0. The van der Waals surface area contributed by atoms with Gasteiger partial charge in [-0.1, -0.05) is 32.9 Å². The first kappa shape index (κ1) is 39.6. The molecule has 4 unspecified atom stereocenters. The Labute approximate surface area is 290 Å². The van der Waals surface area contributed by atoms with Gasteiger partial charge in [-0.3, -0.25) is 4.79 Å². The van der Waals surface area contributed by atoms with Gasteiger partial charge in [0, 0.05) is 45.2 Å². The van der Waals surface area contributed by atoms with E-state index in [0.29, 0.717) is 32.5 Å². The van der Waals surface area contributed by atoms with Crippen molar-refractivity contribution in [3.05, 3.63) is 12.2 Å². The third-order valence-electron chi connectivity index (χ3n) is 10.8. The van der Waals surface area contributed by atoms with E-state index in [2.05, 4.69) is 46.0 Å². The molecule has 0 amide bonds. The van der Waals surface area contributed by atoms with Crippen LogP contribution >= 0.6 is 0 Å². The molecule has 10 nitrogen and oxygen atoms in total. The van der Waals surface area contributed by atoms with Crippen molar-refractivity contribution in [2.24, 2.45) is 11.8 Å². The van der Waals surface area contributed by atoms with Gasteiger partial charge in [0.25, 0.3) is 0 Å². The highest BCUT2D eigenvalue weighted by Gasteiger charge is 2.48. The van der Waals surface area contributed by atoms with E-state index < -0.39 is 26.7 Å². The number of hydrogen-bond acceptors (Lipinski definition) is 10. The monoisotopic (exact) mass is 696 g/mol. The Hall–Kier alpha value is -1.18. The molecule has 0 bridgehead atoms. The highest BCUT2D eigenvalue weighted by Crippen LogP contribution is 2.44. The van der Waals surface area contributed by atoms with E-state index in [4.69, 9.17) is 37.6 Å². The largest absolute Gasteiger partial charge is 0.467 e. The minimum atomic E-state index is -2.00. The van der Waals surface area contributed by atoms with E-state index in [1.165, 1.54) is 7.11 Å². The summed E-state index contributed by atoms with van der Waals surface area (Å²) in [5, 5.41) is 0.106. The molecule has 4 aliphatic rings. The standard InChI is InChI=1S/C37H64O10Si/c1-37(2,3)48(5,6)44-26-28-27(30(45-32-19-11-14-22-41-32)25-31(28)46-33-20-12-15-23-42-33)17-9-7-8-10-18-29(38)35(36(39)40-4)47-34-21-13-16-24-43-34/h7,9,27-28,30-35H,8,10-26H2,1-6H3/t27-,28-,30+,31-,32?,33?,34?,35?/m1/s1. The number of methoxy groups -OCH3 is 1. The van der Waals surface area contributed by atoms with E-state index in [-0.39, 0.29) is 53.9 Å². The van der Waals surface area contributed by atoms with Gasteiger partial charge in [0.15, 0.2) is 33.0 Å². The molecule has 3 heterocycles. The van der Waals surface area contributed by atoms with Crippen LogP contribution in [0.5, 0.6) is 0 Å². The number of Topliss-reactive ketones (excluding diaryl/α,β-unsaturated/α-hetero) is 1. The van der Waals surface area contributed by atoms with Crippen molar-refractivity contribution < 1.29 is 47.2 Å². The predicted octanol–water partition coefficient (Wildman–Crippen LogP) is 7.24. The summed E-state index contributed by atoms with van der Waals surface area (Å²) in [5.41, 5.74) is 0. The Balaban J connectivity index is 1.39. The molecule has 4 fully saturated rings. The van der Waals surface area contributed by atoms with Crippen molar-refractivity contribution in [2.75, 3.05) is 33.5 Å². The van der Waals surface area contributed by atoms with Gasteiger partial charge in [-0.15, -0.1) is 0 Å². The molecule has 1 saturated carbocycles. The van der Waals surface area contributed by atoms with Crippen LogP contribution in [0.1, 0.15) is 111 Å². The van der Waals surface area contributed by atoms with E-state index in [1.54, 1.807) is 0 Å². The minimum absolute atomic E-state index is 0.0131. The maximum atomic E-state index is 13.0. The van der Waals surface area contributed by atoms with Gasteiger partial charge >= 0.3 is 5.97 Å². The summed E-state index contributed by atoms with van der Waals surface area (Å²) in [6, 6.07) is 0. The molecule has 8 atom stereocenters. The topological polar surface area (TPSA) is 108 Å². The van der Waals surface area contributed by atoms with Crippen LogP contribution < -0.4 is 0 Å². The van der Waals surface area contributed by atoms with Crippen LogP contribution in [0.3, 0.4) is 0 Å². The summed E-state index contributed by atoms with van der Waals surface area (Å²) >= 11 is 0. The van der Waals surface area contributed by atoms with E-state index in [9.17, 15) is 9.59 Å². The van der Waals surface area contributed by atoms with Crippen molar-refractivity contribution in [1.29, 1.82) is 0 Å². The van der Waals surface area contributed by atoms with Crippen LogP contribution in [-0.2, 0) is 47.2 Å². The molecule has 11 heteroatoms. The Morgan fingerprint density at radius 2 is 1.38 bits per heavy atom. The summed E-state index contributed by atoms with van der Waals surface area (Å²) in [7, 11) is -0.719. The maximum Gasteiger partial charge on any atom is 0.342 e. The first-order chi connectivity index (χ1) is 23.0. The highest BCUT2D eigenvalue weighted by molar-refractivity contribution is 6.74. The molecule has 0 spiro atoms. The molecule has 276 valence electrons.